The Morgan fingerprint density at radius 2 is 1.59 bits per heavy atom. The van der Waals surface area contributed by atoms with Gasteiger partial charge in [-0.15, -0.1) is 0 Å². The number of piperidine rings is 2. The van der Waals surface area contributed by atoms with E-state index in [1.54, 1.807) is 0 Å². The zero-order chi connectivity index (χ0) is 19.8. The van der Waals surface area contributed by atoms with E-state index in [0.29, 0.717) is 23.9 Å². The Balaban J connectivity index is 1.78. The Labute approximate surface area is 163 Å². The van der Waals surface area contributed by atoms with Gasteiger partial charge in [0, 0.05) is 26.2 Å². The number of aryl methyl sites for hydroxylation is 3. The molecule has 1 amide bonds. The molecular formula is C21H32N2O3S. The topological polar surface area (TPSA) is 57.7 Å². The molecule has 6 heteroatoms. The van der Waals surface area contributed by atoms with Gasteiger partial charge in [-0.3, -0.25) is 4.79 Å². The third-order valence-electron chi connectivity index (χ3n) is 6.03. The van der Waals surface area contributed by atoms with Crippen LogP contribution in [-0.2, 0) is 14.8 Å². The van der Waals surface area contributed by atoms with Crippen LogP contribution in [0.25, 0.3) is 0 Å². The lowest BCUT2D eigenvalue weighted by molar-refractivity contribution is -0.138. The van der Waals surface area contributed by atoms with Crippen LogP contribution < -0.4 is 0 Å². The van der Waals surface area contributed by atoms with Crippen molar-refractivity contribution in [3.63, 3.8) is 0 Å². The van der Waals surface area contributed by atoms with Gasteiger partial charge in [0.15, 0.2) is 0 Å². The molecule has 0 saturated carbocycles. The van der Waals surface area contributed by atoms with E-state index in [-0.39, 0.29) is 11.8 Å². The second-order valence-corrected chi connectivity index (χ2v) is 10.3. The Hall–Kier alpha value is -1.40. The maximum absolute atomic E-state index is 13.3. The highest BCUT2D eigenvalue weighted by Gasteiger charge is 2.36. The Morgan fingerprint density at radius 3 is 2.19 bits per heavy atom. The van der Waals surface area contributed by atoms with Gasteiger partial charge >= 0.3 is 0 Å². The van der Waals surface area contributed by atoms with Crippen molar-refractivity contribution in [2.45, 2.75) is 58.3 Å². The lowest BCUT2D eigenvalue weighted by Gasteiger charge is -2.37. The van der Waals surface area contributed by atoms with E-state index in [4.69, 9.17) is 0 Å². The average Bonchev–Trinajstić information content (AvgIpc) is 2.61. The molecule has 0 radical (unpaired) electrons. The molecule has 0 bridgehead atoms. The first-order valence-electron chi connectivity index (χ1n) is 10.1. The van der Waals surface area contributed by atoms with Crippen molar-refractivity contribution in [1.29, 1.82) is 0 Å². The molecule has 5 nitrogen and oxygen atoms in total. The maximum atomic E-state index is 13.3. The molecule has 0 N–H and O–H groups in total. The van der Waals surface area contributed by atoms with E-state index < -0.39 is 10.0 Å². The number of hydrogen-bond donors (Lipinski definition) is 0. The lowest BCUT2D eigenvalue weighted by Crippen LogP contribution is -2.48. The molecule has 150 valence electrons. The molecule has 2 fully saturated rings. The van der Waals surface area contributed by atoms with Crippen LogP contribution in [0.15, 0.2) is 17.0 Å². The minimum atomic E-state index is -3.58. The molecule has 1 atom stereocenters. The van der Waals surface area contributed by atoms with Crippen molar-refractivity contribution in [2.24, 2.45) is 11.8 Å². The molecule has 0 unspecified atom stereocenters. The summed E-state index contributed by atoms with van der Waals surface area (Å²) >= 11 is 0. The number of rotatable bonds is 3. The number of sulfonamides is 1. The predicted octanol–water partition coefficient (Wildman–Crippen LogP) is 3.27. The minimum absolute atomic E-state index is 0.138. The zero-order valence-corrected chi connectivity index (χ0v) is 17.8. The van der Waals surface area contributed by atoms with Crippen LogP contribution in [0.2, 0.25) is 0 Å². The van der Waals surface area contributed by atoms with Gasteiger partial charge in [0.05, 0.1) is 10.8 Å². The number of benzene rings is 1. The first-order chi connectivity index (χ1) is 12.7. The number of nitrogens with zero attached hydrogens (tertiary/aromatic N) is 2. The molecule has 2 heterocycles. The molecule has 0 aromatic heterocycles. The van der Waals surface area contributed by atoms with E-state index in [1.165, 1.54) is 4.31 Å². The van der Waals surface area contributed by atoms with Crippen molar-refractivity contribution in [1.82, 2.24) is 9.21 Å². The van der Waals surface area contributed by atoms with E-state index >= 15 is 0 Å². The predicted molar refractivity (Wildman–Crippen MR) is 107 cm³/mol. The van der Waals surface area contributed by atoms with E-state index in [2.05, 4.69) is 6.92 Å². The SMILES string of the molecule is Cc1cc(C)c(S(=O)(=O)N2CCC[C@@H](C(=O)N3CCC(C)CC3)C2)c(C)c1. The van der Waals surface area contributed by atoms with Gasteiger partial charge in [-0.25, -0.2) is 8.42 Å². The summed E-state index contributed by atoms with van der Waals surface area (Å²) in [6.07, 6.45) is 3.61. The van der Waals surface area contributed by atoms with Crippen molar-refractivity contribution in [3.05, 3.63) is 28.8 Å². The van der Waals surface area contributed by atoms with Crippen molar-refractivity contribution >= 4 is 15.9 Å². The summed E-state index contributed by atoms with van der Waals surface area (Å²) in [5.41, 5.74) is 2.63. The summed E-state index contributed by atoms with van der Waals surface area (Å²) < 4.78 is 28.2. The first-order valence-corrected chi connectivity index (χ1v) is 11.5. The molecule has 27 heavy (non-hydrogen) atoms. The van der Waals surface area contributed by atoms with Crippen molar-refractivity contribution < 1.29 is 13.2 Å². The maximum Gasteiger partial charge on any atom is 0.243 e. The third-order valence-corrected chi connectivity index (χ3v) is 8.20. The molecule has 1 aromatic carbocycles. The van der Waals surface area contributed by atoms with E-state index in [1.807, 2.05) is 37.8 Å². The Bertz CT molecular complexity index is 788. The first kappa shape index (κ1) is 20.3. The van der Waals surface area contributed by atoms with E-state index in [9.17, 15) is 13.2 Å². The molecule has 2 aliphatic heterocycles. The smallest absolute Gasteiger partial charge is 0.243 e. The Kier molecular flexibility index (Phi) is 5.96. The summed E-state index contributed by atoms with van der Waals surface area (Å²) in [5.74, 6) is 0.594. The van der Waals surface area contributed by atoms with Gasteiger partial charge in [0.1, 0.15) is 0 Å². The Morgan fingerprint density at radius 1 is 1.00 bits per heavy atom. The quantitative estimate of drug-likeness (QED) is 0.793. The molecular weight excluding hydrogens is 360 g/mol. The number of amides is 1. The van der Waals surface area contributed by atoms with Crippen LogP contribution in [-0.4, -0.2) is 49.7 Å². The van der Waals surface area contributed by atoms with Crippen LogP contribution in [0.5, 0.6) is 0 Å². The molecule has 3 rings (SSSR count). The van der Waals surface area contributed by atoms with Crippen LogP contribution in [0, 0.1) is 32.6 Å². The van der Waals surface area contributed by atoms with Crippen LogP contribution in [0.1, 0.15) is 49.3 Å². The van der Waals surface area contributed by atoms with E-state index in [0.717, 1.165) is 55.5 Å². The molecule has 0 aliphatic carbocycles. The van der Waals surface area contributed by atoms with Gasteiger partial charge in [-0.1, -0.05) is 24.6 Å². The second-order valence-electron chi connectivity index (χ2n) is 8.44. The average molecular weight is 393 g/mol. The summed E-state index contributed by atoms with van der Waals surface area (Å²) in [7, 11) is -3.58. The fourth-order valence-corrected chi connectivity index (χ4v) is 6.49. The highest BCUT2D eigenvalue weighted by molar-refractivity contribution is 7.89. The molecule has 2 aliphatic rings. The minimum Gasteiger partial charge on any atom is -0.342 e. The monoisotopic (exact) mass is 392 g/mol. The summed E-state index contributed by atoms with van der Waals surface area (Å²) in [5, 5.41) is 0. The van der Waals surface area contributed by atoms with Gasteiger partial charge in [-0.05, 0) is 63.5 Å². The second kappa shape index (κ2) is 7.92. The standard InChI is InChI=1S/C21H32N2O3S/c1-15-7-10-22(11-8-15)21(24)19-6-5-9-23(14-19)27(25,26)20-17(3)12-16(2)13-18(20)4/h12-13,15,19H,5-11,14H2,1-4H3/t19-/m1/s1. The number of likely N-dealkylation sites (tertiary alicyclic amines) is 1. The molecule has 2 saturated heterocycles. The number of hydrogen-bond acceptors (Lipinski definition) is 3. The fraction of sp³-hybridized carbons (Fsp3) is 0.667. The van der Waals surface area contributed by atoms with Crippen LogP contribution >= 0.6 is 0 Å². The van der Waals surface area contributed by atoms with Crippen LogP contribution in [0.3, 0.4) is 0 Å². The molecule has 1 aromatic rings. The number of carbonyl (C=O) groups is 1. The largest absolute Gasteiger partial charge is 0.342 e. The number of carbonyl (C=O) groups excluding carboxylic acids is 1. The normalized spacial score (nSPS) is 22.8. The summed E-state index contributed by atoms with van der Waals surface area (Å²) in [6.45, 7) is 10.3. The molecule has 0 spiro atoms. The van der Waals surface area contributed by atoms with Gasteiger partial charge < -0.3 is 4.90 Å². The van der Waals surface area contributed by atoms with Crippen molar-refractivity contribution in [2.75, 3.05) is 26.2 Å². The third kappa shape index (κ3) is 4.21. The van der Waals surface area contributed by atoms with Gasteiger partial charge in [-0.2, -0.15) is 4.31 Å². The lowest BCUT2D eigenvalue weighted by atomic mass is 9.94. The van der Waals surface area contributed by atoms with Crippen molar-refractivity contribution in [3.8, 4) is 0 Å². The van der Waals surface area contributed by atoms with Gasteiger partial charge in [0.2, 0.25) is 15.9 Å². The van der Waals surface area contributed by atoms with Gasteiger partial charge in [0.25, 0.3) is 0 Å². The zero-order valence-electron chi connectivity index (χ0n) is 17.0. The fourth-order valence-electron chi connectivity index (χ4n) is 4.55. The highest BCUT2D eigenvalue weighted by atomic mass is 32.2. The van der Waals surface area contributed by atoms with Crippen LogP contribution in [0.4, 0.5) is 0 Å². The highest BCUT2D eigenvalue weighted by Crippen LogP contribution is 2.30. The summed E-state index contributed by atoms with van der Waals surface area (Å²) in [6, 6.07) is 3.84. The summed E-state index contributed by atoms with van der Waals surface area (Å²) in [4.78, 5) is 15.3.